The maximum Gasteiger partial charge on any atom is 0.242 e. The van der Waals surface area contributed by atoms with E-state index in [4.69, 9.17) is 4.74 Å². The van der Waals surface area contributed by atoms with E-state index in [2.05, 4.69) is 24.1 Å². The van der Waals surface area contributed by atoms with E-state index < -0.39 is 0 Å². The predicted molar refractivity (Wildman–Crippen MR) is 106 cm³/mol. The van der Waals surface area contributed by atoms with Gasteiger partial charge < -0.3 is 15.0 Å². The zero-order valence-electron chi connectivity index (χ0n) is 16.6. The zero-order chi connectivity index (χ0) is 20.2. The van der Waals surface area contributed by atoms with Gasteiger partial charge in [-0.2, -0.15) is 0 Å². The van der Waals surface area contributed by atoms with E-state index in [0.29, 0.717) is 31.7 Å². The van der Waals surface area contributed by atoms with Crippen LogP contribution in [0, 0.1) is 5.92 Å². The first-order valence-electron chi connectivity index (χ1n) is 9.47. The van der Waals surface area contributed by atoms with Gasteiger partial charge in [-0.3, -0.25) is 14.4 Å². The molecule has 0 aliphatic heterocycles. The Bertz CT molecular complexity index is 591. The van der Waals surface area contributed by atoms with Gasteiger partial charge in [0.1, 0.15) is 16.8 Å². The van der Waals surface area contributed by atoms with E-state index >= 15 is 0 Å². The van der Waals surface area contributed by atoms with Crippen LogP contribution >= 0.6 is 11.3 Å². The third-order valence-corrected chi connectivity index (χ3v) is 5.16. The van der Waals surface area contributed by atoms with Gasteiger partial charge in [-0.05, 0) is 18.8 Å². The summed E-state index contributed by atoms with van der Waals surface area (Å²) in [5, 5.41) is 4.93. The highest BCUT2D eigenvalue weighted by Crippen LogP contribution is 2.30. The Labute approximate surface area is 165 Å². The molecule has 7 nitrogen and oxygen atoms in total. The van der Waals surface area contributed by atoms with Crippen LogP contribution in [-0.4, -0.2) is 54.2 Å². The number of hydrogen-bond acceptors (Lipinski definition) is 6. The van der Waals surface area contributed by atoms with Crippen LogP contribution in [0.5, 0.6) is 0 Å². The normalized spacial score (nSPS) is 13.2. The summed E-state index contributed by atoms with van der Waals surface area (Å²) in [5.41, 5.74) is 0.401. The second-order valence-electron chi connectivity index (χ2n) is 6.72. The average Bonchev–Trinajstić information content (AvgIpc) is 3.13. The van der Waals surface area contributed by atoms with Gasteiger partial charge >= 0.3 is 0 Å². The van der Waals surface area contributed by atoms with Gasteiger partial charge in [0, 0.05) is 31.0 Å². The average molecular weight is 398 g/mol. The second-order valence-corrected chi connectivity index (χ2v) is 7.61. The van der Waals surface area contributed by atoms with Gasteiger partial charge in [0.15, 0.2) is 6.29 Å². The van der Waals surface area contributed by atoms with Crippen molar-refractivity contribution in [3.63, 3.8) is 0 Å². The van der Waals surface area contributed by atoms with Crippen LogP contribution in [0.2, 0.25) is 0 Å². The summed E-state index contributed by atoms with van der Waals surface area (Å²) in [4.78, 5) is 40.4. The zero-order valence-corrected chi connectivity index (χ0v) is 17.5. The number of carbonyl (C=O) groups excluding carboxylic acids is 3. The number of hydrogen-bond donors (Lipinski definition) is 1. The van der Waals surface area contributed by atoms with Crippen LogP contribution in [0.3, 0.4) is 0 Å². The molecular weight excluding hydrogens is 366 g/mol. The quantitative estimate of drug-likeness (QED) is 0.488. The van der Waals surface area contributed by atoms with Crippen molar-refractivity contribution in [2.24, 2.45) is 5.92 Å². The molecular formula is C19H31N3O4S. The molecule has 0 aliphatic rings. The maximum absolute atomic E-state index is 12.6. The van der Waals surface area contributed by atoms with Crippen molar-refractivity contribution >= 4 is 29.9 Å². The fourth-order valence-electron chi connectivity index (χ4n) is 2.93. The molecule has 0 aliphatic carbocycles. The first-order chi connectivity index (χ1) is 13.0. The molecule has 0 saturated carbocycles. The Kier molecular flexibility index (Phi) is 10.8. The Hall–Kier alpha value is -1.80. The lowest BCUT2D eigenvalue weighted by Gasteiger charge is -2.36. The molecule has 0 spiro atoms. The van der Waals surface area contributed by atoms with Gasteiger partial charge in [-0.15, -0.1) is 11.3 Å². The minimum Gasteiger partial charge on any atom is -0.371 e. The van der Waals surface area contributed by atoms with Crippen LogP contribution in [-0.2, 0) is 14.3 Å². The van der Waals surface area contributed by atoms with E-state index in [1.807, 2.05) is 18.7 Å². The third-order valence-electron chi connectivity index (χ3n) is 4.21. The number of carbonyl (C=O) groups is 3. The molecule has 1 aromatic rings. The monoisotopic (exact) mass is 397 g/mol. The largest absolute Gasteiger partial charge is 0.371 e. The van der Waals surface area contributed by atoms with Gasteiger partial charge in [0.05, 0.1) is 6.54 Å². The standard InChI is InChI=1S/C19H31N3O4S/c1-5-7-22(18(25)10-20-13-24)16(14(3)4)9-17(26-8-6-2)19-21-15(11-23)12-27-19/h11-14,16-17H,5-10H2,1-4H3,(H,20,24). The number of amides is 2. The van der Waals surface area contributed by atoms with E-state index in [9.17, 15) is 14.4 Å². The molecule has 1 heterocycles. The molecule has 152 valence electrons. The summed E-state index contributed by atoms with van der Waals surface area (Å²) in [6, 6.07) is -0.0589. The molecule has 2 unspecified atom stereocenters. The number of ether oxygens (including phenoxy) is 1. The summed E-state index contributed by atoms with van der Waals surface area (Å²) in [6.45, 7) is 9.38. The first kappa shape index (κ1) is 23.2. The number of nitrogens with one attached hydrogen (secondary N) is 1. The van der Waals surface area contributed by atoms with E-state index in [0.717, 1.165) is 24.1 Å². The molecule has 0 saturated heterocycles. The smallest absolute Gasteiger partial charge is 0.242 e. The summed E-state index contributed by atoms with van der Waals surface area (Å²) < 4.78 is 6.03. The lowest BCUT2D eigenvalue weighted by atomic mass is 9.95. The number of rotatable bonds is 14. The fourth-order valence-corrected chi connectivity index (χ4v) is 3.75. The highest BCUT2D eigenvalue weighted by molar-refractivity contribution is 7.09. The fraction of sp³-hybridized carbons (Fsp3) is 0.684. The Morgan fingerprint density at radius 1 is 1.33 bits per heavy atom. The minimum atomic E-state index is -0.276. The first-order valence-corrected chi connectivity index (χ1v) is 10.3. The molecule has 1 aromatic heterocycles. The van der Waals surface area contributed by atoms with Crippen molar-refractivity contribution in [3.05, 3.63) is 16.1 Å². The lowest BCUT2D eigenvalue weighted by molar-refractivity contribution is -0.135. The summed E-state index contributed by atoms with van der Waals surface area (Å²) in [6.07, 6.45) is 3.28. The molecule has 8 heteroatoms. The van der Waals surface area contributed by atoms with Crippen LogP contribution in [0.15, 0.2) is 5.38 Å². The van der Waals surface area contributed by atoms with Gasteiger partial charge in [0.2, 0.25) is 12.3 Å². The number of thiazole rings is 1. The molecule has 2 atom stereocenters. The molecule has 0 aromatic carbocycles. The lowest BCUT2D eigenvalue weighted by Crippen LogP contribution is -2.48. The van der Waals surface area contributed by atoms with Gasteiger partial charge in [0.25, 0.3) is 0 Å². The molecule has 2 amide bonds. The molecule has 1 N–H and O–H groups in total. The summed E-state index contributed by atoms with van der Waals surface area (Å²) >= 11 is 1.40. The Morgan fingerprint density at radius 3 is 2.59 bits per heavy atom. The SMILES string of the molecule is CCCOC(CC(C(C)C)N(CCC)C(=O)CNC=O)c1nc(C=O)cs1. The maximum atomic E-state index is 12.6. The van der Waals surface area contributed by atoms with Gasteiger partial charge in [-0.25, -0.2) is 4.98 Å². The van der Waals surface area contributed by atoms with E-state index in [-0.39, 0.29) is 30.5 Å². The highest BCUT2D eigenvalue weighted by atomic mass is 32.1. The molecule has 0 radical (unpaired) electrons. The summed E-state index contributed by atoms with van der Waals surface area (Å²) in [7, 11) is 0. The third kappa shape index (κ3) is 7.38. The number of nitrogens with zero attached hydrogens (tertiary/aromatic N) is 2. The molecule has 0 fully saturated rings. The van der Waals surface area contributed by atoms with Crippen molar-refractivity contribution in [2.75, 3.05) is 19.7 Å². The number of aldehydes is 1. The number of aromatic nitrogens is 1. The summed E-state index contributed by atoms with van der Waals surface area (Å²) in [5.74, 6) is 0.0968. The van der Waals surface area contributed by atoms with Crippen LogP contribution in [0.25, 0.3) is 0 Å². The van der Waals surface area contributed by atoms with Crippen molar-refractivity contribution in [1.29, 1.82) is 0 Å². The predicted octanol–water partition coefficient (Wildman–Crippen LogP) is 2.82. The Morgan fingerprint density at radius 2 is 2.07 bits per heavy atom. The van der Waals surface area contributed by atoms with Crippen LogP contribution in [0.4, 0.5) is 0 Å². The topological polar surface area (TPSA) is 88.6 Å². The second kappa shape index (κ2) is 12.6. The van der Waals surface area contributed by atoms with Crippen molar-refractivity contribution in [3.8, 4) is 0 Å². The molecule has 1 rings (SSSR count). The van der Waals surface area contributed by atoms with E-state index in [1.165, 1.54) is 11.3 Å². The Balaban J connectivity index is 3.05. The van der Waals surface area contributed by atoms with Gasteiger partial charge in [-0.1, -0.05) is 27.7 Å². The van der Waals surface area contributed by atoms with Crippen molar-refractivity contribution < 1.29 is 19.1 Å². The molecule has 0 bridgehead atoms. The minimum absolute atomic E-state index is 0.0141. The highest BCUT2D eigenvalue weighted by Gasteiger charge is 2.30. The van der Waals surface area contributed by atoms with Crippen molar-refractivity contribution in [2.45, 2.75) is 59.1 Å². The van der Waals surface area contributed by atoms with Crippen LogP contribution in [0.1, 0.15) is 68.6 Å². The van der Waals surface area contributed by atoms with E-state index in [1.54, 1.807) is 5.38 Å². The van der Waals surface area contributed by atoms with Crippen LogP contribution < -0.4 is 5.32 Å². The molecule has 27 heavy (non-hydrogen) atoms. The van der Waals surface area contributed by atoms with Crippen molar-refractivity contribution in [1.82, 2.24) is 15.2 Å².